The molecule has 0 amide bonds. The van der Waals surface area contributed by atoms with Crippen molar-refractivity contribution in [3.63, 3.8) is 0 Å². The minimum absolute atomic E-state index is 0.933. The second-order valence-electron chi connectivity index (χ2n) is 4.62. The van der Waals surface area contributed by atoms with Crippen molar-refractivity contribution in [2.45, 2.75) is 27.2 Å². The van der Waals surface area contributed by atoms with Crippen LogP contribution in [0.5, 0.6) is 11.5 Å². The first-order chi connectivity index (χ1) is 9.62. The zero-order chi connectivity index (χ0) is 15.0. The average molecular weight is 272 g/mol. The number of rotatable bonds is 3. The molecular formula is C18H24O2. The molecule has 20 heavy (non-hydrogen) atoms. The summed E-state index contributed by atoms with van der Waals surface area (Å²) in [5.74, 6) is 1.92. The van der Waals surface area contributed by atoms with Gasteiger partial charge in [0.05, 0.1) is 14.2 Å². The largest absolute Gasteiger partial charge is 0.497 e. The molecule has 0 N–H and O–H groups in total. The molecule has 0 bridgehead atoms. The van der Waals surface area contributed by atoms with Crippen molar-refractivity contribution in [3.05, 3.63) is 59.2 Å². The van der Waals surface area contributed by atoms with Crippen molar-refractivity contribution in [2.24, 2.45) is 0 Å². The van der Waals surface area contributed by atoms with Gasteiger partial charge in [0.15, 0.2) is 0 Å². The third-order valence-corrected chi connectivity index (χ3v) is 3.29. The fourth-order valence-electron chi connectivity index (χ4n) is 1.84. The van der Waals surface area contributed by atoms with Crippen LogP contribution in [0.25, 0.3) is 0 Å². The van der Waals surface area contributed by atoms with Crippen LogP contribution in [0, 0.1) is 13.8 Å². The smallest absolute Gasteiger partial charge is 0.122 e. The lowest BCUT2D eigenvalue weighted by atomic mass is 10.1. The van der Waals surface area contributed by atoms with Gasteiger partial charge >= 0.3 is 0 Å². The highest BCUT2D eigenvalue weighted by Crippen LogP contribution is 2.17. The summed E-state index contributed by atoms with van der Waals surface area (Å²) < 4.78 is 10.2. The summed E-state index contributed by atoms with van der Waals surface area (Å²) in [6.45, 7) is 6.30. The molecule has 0 atom stereocenters. The first-order valence-electron chi connectivity index (χ1n) is 6.85. The Hall–Kier alpha value is -1.96. The van der Waals surface area contributed by atoms with Crippen LogP contribution in [-0.2, 0) is 6.42 Å². The number of ether oxygens (including phenoxy) is 2. The van der Waals surface area contributed by atoms with Gasteiger partial charge in [-0.25, -0.2) is 0 Å². The van der Waals surface area contributed by atoms with E-state index in [4.69, 9.17) is 9.47 Å². The lowest BCUT2D eigenvalue weighted by Crippen LogP contribution is -1.88. The molecule has 0 fully saturated rings. The van der Waals surface area contributed by atoms with Crippen LogP contribution in [0.1, 0.15) is 23.6 Å². The Kier molecular flexibility index (Phi) is 6.65. The predicted molar refractivity (Wildman–Crippen MR) is 84.8 cm³/mol. The summed E-state index contributed by atoms with van der Waals surface area (Å²) in [6, 6.07) is 14.2. The molecule has 2 rings (SSSR count). The second kappa shape index (κ2) is 8.26. The van der Waals surface area contributed by atoms with Crippen LogP contribution in [0.15, 0.2) is 42.5 Å². The molecule has 2 nitrogen and oxygen atoms in total. The third kappa shape index (κ3) is 4.61. The first kappa shape index (κ1) is 16.1. The molecule has 108 valence electrons. The van der Waals surface area contributed by atoms with Gasteiger partial charge in [-0.1, -0.05) is 31.2 Å². The van der Waals surface area contributed by atoms with Crippen molar-refractivity contribution < 1.29 is 9.47 Å². The Morgan fingerprint density at radius 2 is 1.55 bits per heavy atom. The molecular weight excluding hydrogens is 248 g/mol. The van der Waals surface area contributed by atoms with Gasteiger partial charge in [0.1, 0.15) is 11.5 Å². The molecule has 0 aliphatic heterocycles. The number of aryl methyl sites for hydroxylation is 3. The average Bonchev–Trinajstić information content (AvgIpc) is 2.50. The maximum atomic E-state index is 5.14. The van der Waals surface area contributed by atoms with E-state index < -0.39 is 0 Å². The van der Waals surface area contributed by atoms with Crippen LogP contribution < -0.4 is 9.47 Å². The summed E-state index contributed by atoms with van der Waals surface area (Å²) in [7, 11) is 3.39. The Labute approximate surface area is 122 Å². The van der Waals surface area contributed by atoms with E-state index in [0.29, 0.717) is 0 Å². The van der Waals surface area contributed by atoms with E-state index in [-0.39, 0.29) is 0 Å². The molecule has 2 aromatic carbocycles. The zero-order valence-electron chi connectivity index (χ0n) is 13.1. The number of methoxy groups -OCH3 is 2. The summed E-state index contributed by atoms with van der Waals surface area (Å²) in [6.07, 6.45) is 1.03. The fraction of sp³-hybridized carbons (Fsp3) is 0.333. The highest BCUT2D eigenvalue weighted by molar-refractivity contribution is 5.34. The minimum atomic E-state index is 0.933. The molecule has 0 aromatic heterocycles. The third-order valence-electron chi connectivity index (χ3n) is 3.29. The number of benzene rings is 2. The number of para-hydroxylation sites is 1. The molecule has 0 saturated carbocycles. The second-order valence-corrected chi connectivity index (χ2v) is 4.62. The molecule has 2 heteroatoms. The number of hydrogen-bond acceptors (Lipinski definition) is 2. The highest BCUT2D eigenvalue weighted by atomic mass is 16.5. The van der Waals surface area contributed by atoms with Gasteiger partial charge in [-0.15, -0.1) is 0 Å². The molecule has 0 aliphatic carbocycles. The van der Waals surface area contributed by atoms with Crippen LogP contribution in [-0.4, -0.2) is 14.2 Å². The Balaban J connectivity index is 0.000000200. The van der Waals surface area contributed by atoms with Crippen LogP contribution >= 0.6 is 0 Å². The van der Waals surface area contributed by atoms with E-state index in [1.54, 1.807) is 14.2 Å². The lowest BCUT2D eigenvalue weighted by molar-refractivity contribution is 0.410. The molecule has 2 aromatic rings. The van der Waals surface area contributed by atoms with E-state index in [1.165, 1.54) is 16.7 Å². The van der Waals surface area contributed by atoms with Gasteiger partial charge in [-0.3, -0.25) is 0 Å². The van der Waals surface area contributed by atoms with Crippen LogP contribution in [0.3, 0.4) is 0 Å². The van der Waals surface area contributed by atoms with E-state index in [9.17, 15) is 0 Å². The Morgan fingerprint density at radius 1 is 0.850 bits per heavy atom. The van der Waals surface area contributed by atoms with Crippen molar-refractivity contribution >= 4 is 0 Å². The Morgan fingerprint density at radius 3 is 2.05 bits per heavy atom. The van der Waals surface area contributed by atoms with Gasteiger partial charge in [0.25, 0.3) is 0 Å². The first-order valence-corrected chi connectivity index (χ1v) is 6.85. The molecule has 0 radical (unpaired) electrons. The van der Waals surface area contributed by atoms with Gasteiger partial charge < -0.3 is 9.47 Å². The van der Waals surface area contributed by atoms with E-state index in [2.05, 4.69) is 32.9 Å². The standard InChI is InChI=1S/2C9H12O/c1-7-4-5-9(10-3)6-8(7)2;1-3-8-6-4-5-7-9(8)10-2/h4-6H,1-3H3;4-7H,3H2,1-2H3. The molecule has 0 saturated heterocycles. The van der Waals surface area contributed by atoms with Gasteiger partial charge in [0.2, 0.25) is 0 Å². The quantitative estimate of drug-likeness (QED) is 0.815. The fourth-order valence-corrected chi connectivity index (χ4v) is 1.84. The van der Waals surface area contributed by atoms with Crippen LogP contribution in [0.2, 0.25) is 0 Å². The maximum absolute atomic E-state index is 5.14. The van der Waals surface area contributed by atoms with Gasteiger partial charge in [0, 0.05) is 0 Å². The van der Waals surface area contributed by atoms with Crippen molar-refractivity contribution in [3.8, 4) is 11.5 Å². The van der Waals surface area contributed by atoms with E-state index in [1.807, 2.05) is 30.3 Å². The number of hydrogen-bond donors (Lipinski definition) is 0. The minimum Gasteiger partial charge on any atom is -0.497 e. The zero-order valence-corrected chi connectivity index (χ0v) is 13.1. The predicted octanol–water partition coefficient (Wildman–Crippen LogP) is 4.57. The SMILES string of the molecule is CCc1ccccc1OC.COc1ccc(C)c(C)c1. The molecule has 0 aliphatic rings. The highest BCUT2D eigenvalue weighted by Gasteiger charge is 1.95. The summed E-state index contributed by atoms with van der Waals surface area (Å²) in [5.41, 5.74) is 3.85. The summed E-state index contributed by atoms with van der Waals surface area (Å²) in [4.78, 5) is 0. The Bertz CT molecular complexity index is 510. The summed E-state index contributed by atoms with van der Waals surface area (Å²) >= 11 is 0. The lowest BCUT2D eigenvalue weighted by Gasteiger charge is -2.03. The van der Waals surface area contributed by atoms with E-state index >= 15 is 0 Å². The van der Waals surface area contributed by atoms with Crippen LogP contribution in [0.4, 0.5) is 0 Å². The maximum Gasteiger partial charge on any atom is 0.122 e. The monoisotopic (exact) mass is 272 g/mol. The molecule has 0 heterocycles. The van der Waals surface area contributed by atoms with Gasteiger partial charge in [-0.2, -0.15) is 0 Å². The summed E-state index contributed by atoms with van der Waals surface area (Å²) in [5, 5.41) is 0. The topological polar surface area (TPSA) is 18.5 Å². The van der Waals surface area contributed by atoms with E-state index in [0.717, 1.165) is 17.9 Å². The normalized spacial score (nSPS) is 9.45. The van der Waals surface area contributed by atoms with Gasteiger partial charge in [-0.05, 0) is 55.2 Å². The molecule has 0 unspecified atom stereocenters. The van der Waals surface area contributed by atoms with Crippen molar-refractivity contribution in [2.75, 3.05) is 14.2 Å². The van der Waals surface area contributed by atoms with Crippen molar-refractivity contribution in [1.82, 2.24) is 0 Å². The van der Waals surface area contributed by atoms with Crippen molar-refractivity contribution in [1.29, 1.82) is 0 Å². The molecule has 0 spiro atoms.